The van der Waals surface area contributed by atoms with Crippen molar-refractivity contribution in [3.63, 3.8) is 0 Å². The van der Waals surface area contributed by atoms with Gasteiger partial charge in [0, 0.05) is 15.2 Å². The molecule has 1 atom stereocenters. The third-order valence-electron chi connectivity index (χ3n) is 2.42. The molecule has 0 amide bonds. The molecular weight excluding hydrogens is 290 g/mol. The van der Waals surface area contributed by atoms with Crippen molar-refractivity contribution in [2.24, 2.45) is 0 Å². The molecule has 1 unspecified atom stereocenters. The Morgan fingerprint density at radius 3 is 2.80 bits per heavy atom. The van der Waals surface area contributed by atoms with Gasteiger partial charge in [0.15, 0.2) is 0 Å². The van der Waals surface area contributed by atoms with E-state index in [0.717, 1.165) is 15.9 Å². The average Bonchev–Trinajstić information content (AvgIpc) is 2.84. The highest BCUT2D eigenvalue weighted by Crippen LogP contribution is 2.33. The molecule has 0 aliphatic heterocycles. The van der Waals surface area contributed by atoms with Gasteiger partial charge in [0.25, 0.3) is 0 Å². The predicted octanol–water partition coefficient (Wildman–Crippen LogP) is 5.15. The van der Waals surface area contributed by atoms with Gasteiger partial charge in [-0.1, -0.05) is 13.8 Å². The molecule has 2 aromatic rings. The first-order valence-electron chi connectivity index (χ1n) is 4.90. The van der Waals surface area contributed by atoms with Crippen LogP contribution in [0.1, 0.15) is 31.9 Å². The summed E-state index contributed by atoms with van der Waals surface area (Å²) in [5, 5.41) is 5.41. The highest BCUT2D eigenvalue weighted by Gasteiger charge is 2.10. The summed E-state index contributed by atoms with van der Waals surface area (Å²) in [4.78, 5) is 5.92. The van der Waals surface area contributed by atoms with Crippen LogP contribution in [-0.4, -0.2) is 4.98 Å². The predicted molar refractivity (Wildman–Crippen MR) is 71.8 cm³/mol. The Kier molecular flexibility index (Phi) is 3.59. The van der Waals surface area contributed by atoms with E-state index in [0.29, 0.717) is 5.92 Å². The minimum atomic E-state index is 0.568. The van der Waals surface area contributed by atoms with Crippen molar-refractivity contribution in [2.75, 3.05) is 0 Å². The smallest absolute Gasteiger partial charge is 0.133 e. The van der Waals surface area contributed by atoms with E-state index < -0.39 is 0 Å². The number of aromatic nitrogens is 1. The van der Waals surface area contributed by atoms with Crippen molar-refractivity contribution in [2.45, 2.75) is 26.2 Å². The van der Waals surface area contributed by atoms with Gasteiger partial charge >= 0.3 is 0 Å². The van der Waals surface area contributed by atoms with Crippen LogP contribution in [0.25, 0.3) is 9.88 Å². The lowest BCUT2D eigenvalue weighted by atomic mass is 10.1. The highest BCUT2D eigenvalue weighted by atomic mass is 79.9. The van der Waals surface area contributed by atoms with E-state index in [2.05, 4.69) is 51.6 Å². The summed E-state index contributed by atoms with van der Waals surface area (Å²) < 4.78 is 1.14. The molecule has 0 N–H and O–H groups in total. The standard InChI is InChI=1S/C11H12BrNS2/c1-3-7(2)9-6-15-11(13-9)10-4-8(12)5-14-10/h4-7H,3H2,1-2H3. The van der Waals surface area contributed by atoms with Crippen LogP contribution in [0.5, 0.6) is 0 Å². The molecule has 2 rings (SSSR count). The third-order valence-corrected chi connectivity index (χ3v) is 5.14. The van der Waals surface area contributed by atoms with Gasteiger partial charge in [0.05, 0.1) is 10.6 Å². The molecule has 0 aliphatic rings. The molecule has 4 heteroatoms. The Morgan fingerprint density at radius 1 is 1.40 bits per heavy atom. The Bertz CT molecular complexity index is 447. The Balaban J connectivity index is 2.27. The maximum Gasteiger partial charge on any atom is 0.133 e. The largest absolute Gasteiger partial charge is 0.240 e. The van der Waals surface area contributed by atoms with Gasteiger partial charge in [-0.05, 0) is 34.3 Å². The number of nitrogens with zero attached hydrogens (tertiary/aromatic N) is 1. The minimum absolute atomic E-state index is 0.568. The van der Waals surface area contributed by atoms with E-state index >= 15 is 0 Å². The van der Waals surface area contributed by atoms with E-state index in [1.165, 1.54) is 10.6 Å². The maximum atomic E-state index is 4.67. The number of rotatable bonds is 3. The molecule has 2 heterocycles. The van der Waals surface area contributed by atoms with Crippen molar-refractivity contribution in [1.82, 2.24) is 4.98 Å². The van der Waals surface area contributed by atoms with Crippen molar-refractivity contribution in [3.05, 3.63) is 27.0 Å². The summed E-state index contributed by atoms with van der Waals surface area (Å²) >= 11 is 6.94. The third kappa shape index (κ3) is 2.49. The van der Waals surface area contributed by atoms with Crippen LogP contribution in [0.3, 0.4) is 0 Å². The minimum Gasteiger partial charge on any atom is -0.240 e. The summed E-state index contributed by atoms with van der Waals surface area (Å²) in [6, 6.07) is 2.13. The summed E-state index contributed by atoms with van der Waals surface area (Å²) in [6.45, 7) is 4.43. The number of halogens is 1. The zero-order valence-corrected chi connectivity index (χ0v) is 11.9. The quantitative estimate of drug-likeness (QED) is 0.764. The lowest BCUT2D eigenvalue weighted by Crippen LogP contribution is -1.90. The van der Waals surface area contributed by atoms with Gasteiger partial charge in [-0.15, -0.1) is 22.7 Å². The fraction of sp³-hybridized carbons (Fsp3) is 0.364. The van der Waals surface area contributed by atoms with Crippen molar-refractivity contribution < 1.29 is 0 Å². The van der Waals surface area contributed by atoms with Crippen LogP contribution in [0.15, 0.2) is 21.3 Å². The molecule has 0 fully saturated rings. The van der Waals surface area contributed by atoms with Crippen molar-refractivity contribution in [1.29, 1.82) is 0 Å². The van der Waals surface area contributed by atoms with Gasteiger partial charge < -0.3 is 0 Å². The molecule has 15 heavy (non-hydrogen) atoms. The molecular formula is C11H12BrNS2. The van der Waals surface area contributed by atoms with Crippen LogP contribution in [0.2, 0.25) is 0 Å². The van der Waals surface area contributed by atoms with E-state index in [1.807, 2.05) is 0 Å². The molecule has 80 valence electrons. The number of thiophene rings is 1. The second kappa shape index (κ2) is 4.76. The van der Waals surface area contributed by atoms with E-state index in [9.17, 15) is 0 Å². The van der Waals surface area contributed by atoms with Crippen LogP contribution in [-0.2, 0) is 0 Å². The molecule has 0 aliphatic carbocycles. The first kappa shape index (κ1) is 11.3. The van der Waals surface area contributed by atoms with Crippen LogP contribution >= 0.6 is 38.6 Å². The summed E-state index contributed by atoms with van der Waals surface area (Å²) in [5.41, 5.74) is 1.22. The van der Waals surface area contributed by atoms with E-state index in [4.69, 9.17) is 0 Å². The second-order valence-corrected chi connectivity index (χ2v) is 6.20. The van der Waals surface area contributed by atoms with Gasteiger partial charge in [-0.25, -0.2) is 4.98 Å². The molecule has 0 saturated carbocycles. The fourth-order valence-electron chi connectivity index (χ4n) is 1.26. The van der Waals surface area contributed by atoms with Crippen molar-refractivity contribution in [3.8, 4) is 9.88 Å². The number of hydrogen-bond acceptors (Lipinski definition) is 3. The molecule has 0 spiro atoms. The molecule has 0 saturated heterocycles. The summed E-state index contributed by atoms with van der Waals surface area (Å²) in [5.74, 6) is 0.568. The molecule has 0 aromatic carbocycles. The number of hydrogen-bond donors (Lipinski definition) is 0. The SMILES string of the molecule is CCC(C)c1csc(-c2cc(Br)cs2)n1. The molecule has 0 radical (unpaired) electrons. The first-order valence-corrected chi connectivity index (χ1v) is 7.45. The zero-order valence-electron chi connectivity index (χ0n) is 8.66. The highest BCUT2D eigenvalue weighted by molar-refractivity contribution is 9.10. The first-order chi connectivity index (χ1) is 7.20. The summed E-state index contributed by atoms with van der Waals surface area (Å²) in [7, 11) is 0. The van der Waals surface area contributed by atoms with Gasteiger partial charge in [-0.3, -0.25) is 0 Å². The summed E-state index contributed by atoms with van der Waals surface area (Å²) in [6.07, 6.45) is 1.15. The molecule has 0 bridgehead atoms. The monoisotopic (exact) mass is 301 g/mol. The molecule has 1 nitrogen and oxygen atoms in total. The van der Waals surface area contributed by atoms with E-state index in [1.54, 1.807) is 22.7 Å². The lowest BCUT2D eigenvalue weighted by molar-refractivity contribution is 0.714. The molecule has 2 aromatic heterocycles. The zero-order chi connectivity index (χ0) is 10.8. The van der Waals surface area contributed by atoms with Gasteiger partial charge in [0.2, 0.25) is 0 Å². The normalized spacial score (nSPS) is 13.0. The Hall–Kier alpha value is -0.190. The lowest BCUT2D eigenvalue weighted by Gasteiger charge is -2.01. The van der Waals surface area contributed by atoms with Crippen LogP contribution in [0, 0.1) is 0 Å². The fourth-order valence-corrected chi connectivity index (χ4v) is 3.71. The van der Waals surface area contributed by atoms with Crippen LogP contribution in [0.4, 0.5) is 0 Å². The average molecular weight is 302 g/mol. The number of thiazole rings is 1. The second-order valence-electron chi connectivity index (χ2n) is 3.52. The maximum absolute atomic E-state index is 4.67. The van der Waals surface area contributed by atoms with Gasteiger partial charge in [0.1, 0.15) is 5.01 Å². The topological polar surface area (TPSA) is 12.9 Å². The van der Waals surface area contributed by atoms with Crippen LogP contribution < -0.4 is 0 Å². The van der Waals surface area contributed by atoms with E-state index in [-0.39, 0.29) is 0 Å². The Morgan fingerprint density at radius 2 is 2.20 bits per heavy atom. The Labute approximate surface area is 106 Å². The van der Waals surface area contributed by atoms with Crippen molar-refractivity contribution >= 4 is 38.6 Å². The van der Waals surface area contributed by atoms with Gasteiger partial charge in [-0.2, -0.15) is 0 Å².